The highest BCUT2D eigenvalue weighted by Gasteiger charge is 2.27. The third-order valence-corrected chi connectivity index (χ3v) is 5.19. The number of nitrogens with zero attached hydrogens (tertiary/aromatic N) is 2. The average molecular weight is 415 g/mol. The van der Waals surface area contributed by atoms with E-state index in [2.05, 4.69) is 15.1 Å². The number of rotatable bonds is 8. The number of piperazine rings is 1. The number of para-hydroxylation sites is 2. The summed E-state index contributed by atoms with van der Waals surface area (Å²) < 4.78 is 18.4. The van der Waals surface area contributed by atoms with E-state index in [-0.39, 0.29) is 6.42 Å². The van der Waals surface area contributed by atoms with Crippen molar-refractivity contribution in [2.24, 2.45) is 5.92 Å². The van der Waals surface area contributed by atoms with Crippen LogP contribution in [0, 0.1) is 11.7 Å². The first-order chi connectivity index (χ1) is 14.5. The van der Waals surface area contributed by atoms with Crippen LogP contribution in [0.5, 0.6) is 5.75 Å². The molecule has 1 amide bonds. The fourth-order valence-electron chi connectivity index (χ4n) is 3.57. The lowest BCUT2D eigenvalue weighted by molar-refractivity contribution is -0.144. The van der Waals surface area contributed by atoms with Gasteiger partial charge in [-0.05, 0) is 36.4 Å². The van der Waals surface area contributed by atoms with Crippen LogP contribution in [0.25, 0.3) is 0 Å². The minimum Gasteiger partial charge on any atom is -0.495 e. The number of nitrogens with one attached hydrogen (secondary N) is 1. The molecule has 3 rings (SSSR count). The molecule has 0 spiro atoms. The Morgan fingerprint density at radius 2 is 1.77 bits per heavy atom. The molecule has 7 nitrogen and oxygen atoms in total. The quantitative estimate of drug-likeness (QED) is 0.690. The Kier molecular flexibility index (Phi) is 7.24. The lowest BCUT2D eigenvalue weighted by Gasteiger charge is -2.37. The summed E-state index contributed by atoms with van der Waals surface area (Å²) in [5, 5.41) is 12.2. The zero-order chi connectivity index (χ0) is 21.5. The van der Waals surface area contributed by atoms with Crippen LogP contribution < -0.4 is 15.0 Å². The largest absolute Gasteiger partial charge is 0.495 e. The number of carboxylic acid groups (broad SMARTS) is 1. The van der Waals surface area contributed by atoms with Gasteiger partial charge in [-0.15, -0.1) is 0 Å². The Morgan fingerprint density at radius 1 is 1.10 bits per heavy atom. The number of aliphatic carboxylic acids is 1. The summed E-state index contributed by atoms with van der Waals surface area (Å²) in [6, 6.07) is 13.2. The smallest absolute Gasteiger partial charge is 0.308 e. The minimum atomic E-state index is -1.00. The molecule has 0 saturated carbocycles. The van der Waals surface area contributed by atoms with Crippen molar-refractivity contribution in [2.45, 2.75) is 6.42 Å². The minimum absolute atomic E-state index is 0.139. The fourth-order valence-corrected chi connectivity index (χ4v) is 3.57. The van der Waals surface area contributed by atoms with Gasteiger partial charge in [-0.25, -0.2) is 4.39 Å². The molecule has 2 N–H and O–H groups in total. The summed E-state index contributed by atoms with van der Waals surface area (Å²) in [6.07, 6.45) is -0.139. The molecule has 1 heterocycles. The molecule has 2 aromatic carbocycles. The summed E-state index contributed by atoms with van der Waals surface area (Å²) in [7, 11) is 1.64. The van der Waals surface area contributed by atoms with Crippen LogP contribution >= 0.6 is 0 Å². The number of halogens is 1. The van der Waals surface area contributed by atoms with Crippen molar-refractivity contribution in [1.82, 2.24) is 4.90 Å². The molecular weight excluding hydrogens is 389 g/mol. The van der Waals surface area contributed by atoms with Crippen LogP contribution in [0.4, 0.5) is 15.8 Å². The zero-order valence-corrected chi connectivity index (χ0v) is 16.9. The van der Waals surface area contributed by atoms with Crippen LogP contribution in [-0.2, 0) is 9.59 Å². The van der Waals surface area contributed by atoms with Crippen molar-refractivity contribution in [1.29, 1.82) is 0 Å². The third-order valence-electron chi connectivity index (χ3n) is 5.19. The molecular formula is C22H26FN3O4. The van der Waals surface area contributed by atoms with Crippen molar-refractivity contribution in [3.8, 4) is 5.75 Å². The van der Waals surface area contributed by atoms with Gasteiger partial charge >= 0.3 is 5.97 Å². The van der Waals surface area contributed by atoms with Gasteiger partial charge in [-0.2, -0.15) is 0 Å². The Hall–Kier alpha value is -3.13. The first-order valence-corrected chi connectivity index (χ1v) is 9.85. The molecule has 2 aromatic rings. The number of anilines is 2. The number of hydrogen-bond acceptors (Lipinski definition) is 5. The van der Waals surface area contributed by atoms with Crippen LogP contribution in [0.3, 0.4) is 0 Å². The van der Waals surface area contributed by atoms with E-state index in [0.29, 0.717) is 25.3 Å². The van der Waals surface area contributed by atoms with Crippen molar-refractivity contribution in [3.63, 3.8) is 0 Å². The Morgan fingerprint density at radius 3 is 2.40 bits per heavy atom. The van der Waals surface area contributed by atoms with Gasteiger partial charge in [-0.3, -0.25) is 14.5 Å². The standard InChI is InChI=1S/C22H26FN3O4/c1-30-20-5-3-2-4-19(20)26-12-10-25(11-13-26)15-16(22(28)29)14-21(27)24-18-8-6-17(23)7-9-18/h2-9,16H,10-15H2,1H3,(H,24,27)(H,28,29)/t16-/m0/s1. The van der Waals surface area contributed by atoms with Crippen molar-refractivity contribution < 1.29 is 23.8 Å². The Bertz CT molecular complexity index is 867. The molecule has 0 aliphatic carbocycles. The van der Waals surface area contributed by atoms with Gasteiger partial charge in [0, 0.05) is 44.8 Å². The first kappa shape index (κ1) is 21.6. The normalized spacial score (nSPS) is 15.5. The second-order valence-corrected chi connectivity index (χ2v) is 7.25. The highest BCUT2D eigenvalue weighted by atomic mass is 19.1. The molecule has 1 aliphatic heterocycles. The number of hydrogen-bond donors (Lipinski definition) is 2. The van der Waals surface area contributed by atoms with Gasteiger partial charge in [0.15, 0.2) is 0 Å². The molecule has 0 radical (unpaired) electrons. The van der Waals surface area contributed by atoms with E-state index in [0.717, 1.165) is 24.5 Å². The van der Waals surface area contributed by atoms with Gasteiger partial charge in [0.2, 0.25) is 5.91 Å². The summed E-state index contributed by atoms with van der Waals surface area (Å²) in [5.41, 5.74) is 1.46. The van der Waals surface area contributed by atoms with Crippen LogP contribution in [-0.4, -0.2) is 61.7 Å². The lowest BCUT2D eigenvalue weighted by Crippen LogP contribution is -2.49. The molecule has 160 valence electrons. The van der Waals surface area contributed by atoms with Crippen LogP contribution in [0.15, 0.2) is 48.5 Å². The number of amides is 1. The van der Waals surface area contributed by atoms with E-state index in [1.54, 1.807) is 7.11 Å². The molecule has 1 fully saturated rings. The maximum atomic E-state index is 13.0. The highest BCUT2D eigenvalue weighted by Crippen LogP contribution is 2.28. The van der Waals surface area contributed by atoms with Crippen molar-refractivity contribution >= 4 is 23.3 Å². The Labute approximate surface area is 175 Å². The summed E-state index contributed by atoms with van der Waals surface area (Å²) in [5.74, 6) is -1.81. The van der Waals surface area contributed by atoms with Crippen molar-refractivity contribution in [2.75, 3.05) is 50.1 Å². The first-order valence-electron chi connectivity index (χ1n) is 9.85. The van der Waals surface area contributed by atoms with E-state index < -0.39 is 23.6 Å². The maximum absolute atomic E-state index is 13.0. The lowest BCUT2D eigenvalue weighted by atomic mass is 10.0. The van der Waals surface area contributed by atoms with Crippen LogP contribution in [0.2, 0.25) is 0 Å². The second-order valence-electron chi connectivity index (χ2n) is 7.25. The predicted octanol–water partition coefficient (Wildman–Crippen LogP) is 2.69. The van der Waals surface area contributed by atoms with Gasteiger partial charge < -0.3 is 20.1 Å². The predicted molar refractivity (Wildman–Crippen MR) is 112 cm³/mol. The molecule has 0 unspecified atom stereocenters. The van der Waals surface area contributed by atoms with Gasteiger partial charge in [0.1, 0.15) is 11.6 Å². The third kappa shape index (κ3) is 5.70. The maximum Gasteiger partial charge on any atom is 0.308 e. The number of carboxylic acids is 1. The molecule has 1 atom stereocenters. The number of ether oxygens (including phenoxy) is 1. The molecule has 1 aliphatic rings. The van der Waals surface area contributed by atoms with Gasteiger partial charge in [-0.1, -0.05) is 12.1 Å². The summed E-state index contributed by atoms with van der Waals surface area (Å²) >= 11 is 0. The van der Waals surface area contributed by atoms with E-state index >= 15 is 0 Å². The molecule has 8 heteroatoms. The number of carbonyl (C=O) groups excluding carboxylic acids is 1. The average Bonchev–Trinajstić information content (AvgIpc) is 2.75. The van der Waals surface area contributed by atoms with E-state index in [1.165, 1.54) is 24.3 Å². The molecule has 1 saturated heterocycles. The van der Waals surface area contributed by atoms with Gasteiger partial charge in [0.25, 0.3) is 0 Å². The van der Waals surface area contributed by atoms with Gasteiger partial charge in [0.05, 0.1) is 18.7 Å². The van der Waals surface area contributed by atoms with Crippen LogP contribution in [0.1, 0.15) is 6.42 Å². The molecule has 30 heavy (non-hydrogen) atoms. The van der Waals surface area contributed by atoms with E-state index in [4.69, 9.17) is 4.74 Å². The molecule has 0 aromatic heterocycles. The monoisotopic (exact) mass is 415 g/mol. The molecule has 0 bridgehead atoms. The number of benzene rings is 2. The van der Waals surface area contributed by atoms with Crippen molar-refractivity contribution in [3.05, 3.63) is 54.3 Å². The highest BCUT2D eigenvalue weighted by molar-refractivity contribution is 5.93. The van der Waals surface area contributed by atoms with E-state index in [1.807, 2.05) is 24.3 Å². The summed E-state index contributed by atoms with van der Waals surface area (Å²) in [4.78, 5) is 28.2. The Balaban J connectivity index is 1.53. The number of methoxy groups -OCH3 is 1. The number of carbonyl (C=O) groups is 2. The SMILES string of the molecule is COc1ccccc1N1CCN(C[C@H](CC(=O)Nc2ccc(F)cc2)C(=O)O)CC1. The zero-order valence-electron chi connectivity index (χ0n) is 16.9. The van der Waals surface area contributed by atoms with E-state index in [9.17, 15) is 19.1 Å². The fraction of sp³-hybridized carbons (Fsp3) is 0.364. The topological polar surface area (TPSA) is 82.1 Å². The second kappa shape index (κ2) is 10.1. The summed E-state index contributed by atoms with van der Waals surface area (Å²) in [6.45, 7) is 3.18.